The number of ether oxygens (including phenoxy) is 1. The fourth-order valence-electron chi connectivity index (χ4n) is 5.85. The Morgan fingerprint density at radius 1 is 0.282 bits per heavy atom. The Morgan fingerprint density at radius 3 is 0.795 bits per heavy atom. The van der Waals surface area contributed by atoms with E-state index in [9.17, 15) is 0 Å². The van der Waals surface area contributed by atoms with Crippen molar-refractivity contribution in [1.82, 2.24) is 0 Å². The normalized spacial score (nSPS) is 11.5. The summed E-state index contributed by atoms with van der Waals surface area (Å²) in [5, 5.41) is 0. The molecule has 0 amide bonds. The highest BCUT2D eigenvalue weighted by molar-refractivity contribution is 4.55. The first-order valence-electron chi connectivity index (χ1n) is 18.8. The van der Waals surface area contributed by atoms with Crippen LogP contribution < -0.4 is 0 Å². The Kier molecular flexibility index (Phi) is 37.9. The maximum absolute atomic E-state index is 5.74. The van der Waals surface area contributed by atoms with E-state index < -0.39 is 0 Å². The van der Waals surface area contributed by atoms with Gasteiger partial charge in [0.1, 0.15) is 0 Å². The summed E-state index contributed by atoms with van der Waals surface area (Å²) < 4.78 is 5.74. The molecule has 0 aromatic heterocycles. The van der Waals surface area contributed by atoms with E-state index in [-0.39, 0.29) is 0 Å². The summed E-state index contributed by atoms with van der Waals surface area (Å²) in [7, 11) is 0. The van der Waals surface area contributed by atoms with Crippen molar-refractivity contribution in [2.45, 2.75) is 232 Å². The van der Waals surface area contributed by atoms with Gasteiger partial charge in [-0.3, -0.25) is 0 Å². The second-order valence-electron chi connectivity index (χ2n) is 12.8. The Bertz CT molecular complexity index is 356. The molecule has 0 rings (SSSR count). The van der Waals surface area contributed by atoms with Crippen LogP contribution in [-0.2, 0) is 4.74 Å². The van der Waals surface area contributed by atoms with Gasteiger partial charge in [-0.2, -0.15) is 0 Å². The maximum atomic E-state index is 5.74. The lowest BCUT2D eigenvalue weighted by Gasteiger charge is -2.05. The lowest BCUT2D eigenvalue weighted by atomic mass is 10.0. The predicted octanol–water partition coefficient (Wildman–Crippen LogP) is 14.5. The van der Waals surface area contributed by atoms with E-state index in [4.69, 9.17) is 4.74 Å². The van der Waals surface area contributed by atoms with E-state index in [0.717, 1.165) is 13.0 Å². The molecule has 0 aliphatic rings. The first-order chi connectivity index (χ1) is 19.4. The maximum Gasteiger partial charge on any atom is 0.0836 e. The van der Waals surface area contributed by atoms with Gasteiger partial charge in [0.05, 0.1) is 6.61 Å². The molecule has 0 N–H and O–H groups in total. The third-order valence-corrected chi connectivity index (χ3v) is 8.66. The fraction of sp³-hybridized carbons (Fsp3) is 0.974. The summed E-state index contributed by atoms with van der Waals surface area (Å²) in [6, 6.07) is 0. The molecule has 0 aliphatic carbocycles. The minimum atomic E-state index is 0.941. The summed E-state index contributed by atoms with van der Waals surface area (Å²) in [5.41, 5.74) is 0. The third-order valence-electron chi connectivity index (χ3n) is 8.66. The molecule has 0 unspecified atom stereocenters. The fourth-order valence-corrected chi connectivity index (χ4v) is 5.85. The zero-order valence-electron chi connectivity index (χ0n) is 27.7. The summed E-state index contributed by atoms with van der Waals surface area (Å²) in [5.74, 6) is 0. The van der Waals surface area contributed by atoms with Gasteiger partial charge in [0.2, 0.25) is 0 Å². The Hall–Kier alpha value is -0.0400. The minimum Gasteiger partial charge on any atom is -0.376 e. The van der Waals surface area contributed by atoms with Gasteiger partial charge in [-0.25, -0.2) is 0 Å². The Balaban J connectivity index is 3.01. The van der Waals surface area contributed by atoms with Crippen LogP contribution in [0.5, 0.6) is 0 Å². The van der Waals surface area contributed by atoms with Crippen LogP contribution in [0.25, 0.3) is 0 Å². The summed E-state index contributed by atoms with van der Waals surface area (Å²) >= 11 is 0. The van der Waals surface area contributed by atoms with Crippen molar-refractivity contribution in [2.75, 3.05) is 6.61 Å². The highest BCUT2D eigenvalue weighted by atomic mass is 16.5. The molecule has 0 atom stereocenters. The largest absolute Gasteiger partial charge is 0.376 e. The monoisotopic (exact) mass is 550 g/mol. The quantitative estimate of drug-likeness (QED) is 0.0706. The zero-order valence-corrected chi connectivity index (χ0v) is 27.7. The van der Waals surface area contributed by atoms with E-state index in [1.54, 1.807) is 0 Å². The van der Waals surface area contributed by atoms with Crippen molar-refractivity contribution >= 4 is 0 Å². The van der Waals surface area contributed by atoms with Crippen LogP contribution in [0.1, 0.15) is 232 Å². The van der Waals surface area contributed by atoms with Crippen LogP contribution in [0.3, 0.4) is 0 Å². The van der Waals surface area contributed by atoms with Crippen molar-refractivity contribution in [3.63, 3.8) is 0 Å². The molecule has 39 heavy (non-hydrogen) atoms. The van der Waals surface area contributed by atoms with Gasteiger partial charge in [0, 0.05) is 6.61 Å². The molecule has 0 heterocycles. The molecule has 0 spiro atoms. The van der Waals surface area contributed by atoms with Crippen LogP contribution in [-0.4, -0.2) is 6.61 Å². The van der Waals surface area contributed by atoms with E-state index in [2.05, 4.69) is 20.5 Å². The van der Waals surface area contributed by atoms with Crippen molar-refractivity contribution in [1.29, 1.82) is 0 Å². The minimum absolute atomic E-state index is 0.941. The van der Waals surface area contributed by atoms with Gasteiger partial charge < -0.3 is 4.74 Å². The average molecular weight is 550 g/mol. The van der Waals surface area contributed by atoms with E-state index >= 15 is 0 Å². The van der Waals surface area contributed by atoms with Gasteiger partial charge in [0.15, 0.2) is 0 Å². The highest BCUT2D eigenvalue weighted by Gasteiger charge is 1.97. The van der Waals surface area contributed by atoms with Crippen LogP contribution >= 0.6 is 0 Å². The molecule has 0 saturated carbocycles. The molecule has 0 aliphatic heterocycles. The third kappa shape index (κ3) is 38.0. The van der Waals surface area contributed by atoms with Crippen LogP contribution in [0, 0.1) is 6.61 Å². The van der Waals surface area contributed by atoms with Gasteiger partial charge >= 0.3 is 0 Å². The number of hydrogen-bond acceptors (Lipinski definition) is 1. The Morgan fingerprint density at radius 2 is 0.513 bits per heavy atom. The Labute approximate surface area is 249 Å². The van der Waals surface area contributed by atoms with Gasteiger partial charge in [-0.05, 0) is 12.8 Å². The van der Waals surface area contributed by atoms with E-state index in [1.807, 2.05) is 0 Å². The number of unbranched alkanes of at least 4 members (excludes halogenated alkanes) is 32. The number of rotatable bonds is 36. The lowest BCUT2D eigenvalue weighted by molar-refractivity contribution is 0.183. The molecule has 1 heteroatoms. The predicted molar refractivity (Wildman–Crippen MR) is 179 cm³/mol. The smallest absolute Gasteiger partial charge is 0.0836 e. The van der Waals surface area contributed by atoms with Gasteiger partial charge in [0.25, 0.3) is 0 Å². The van der Waals surface area contributed by atoms with Gasteiger partial charge in [-0.15, -0.1) is 0 Å². The van der Waals surface area contributed by atoms with Crippen molar-refractivity contribution in [2.24, 2.45) is 0 Å². The van der Waals surface area contributed by atoms with Crippen LogP contribution in [0.15, 0.2) is 0 Å². The standard InChI is InChI=1S/C38H77O/c1-3-5-7-9-11-13-15-17-18-19-20-21-22-23-24-25-26-28-30-32-34-36-38-39-37-35-33-31-29-27-16-14-12-10-8-6-4-2/h38H,3-37H2,1-2H3. The second kappa shape index (κ2) is 38.0. The average Bonchev–Trinajstić information content (AvgIpc) is 2.95. The lowest BCUT2D eigenvalue weighted by Crippen LogP contribution is -1.92. The molecule has 1 nitrogen and oxygen atoms in total. The SMILES string of the molecule is CCCCCCCCCCCCCCCCCCCCCCC[CH]OCCCCCCCCCCCCCC. The van der Waals surface area contributed by atoms with E-state index in [0.29, 0.717) is 0 Å². The molecular weight excluding hydrogens is 472 g/mol. The second-order valence-corrected chi connectivity index (χ2v) is 12.8. The van der Waals surface area contributed by atoms with Crippen LogP contribution in [0.2, 0.25) is 0 Å². The molecule has 0 fully saturated rings. The summed E-state index contributed by atoms with van der Waals surface area (Å²) in [6.45, 7) is 7.64. The number of hydrogen-bond donors (Lipinski definition) is 0. The molecule has 0 aromatic carbocycles. The molecule has 0 saturated heterocycles. The van der Waals surface area contributed by atoms with Crippen LogP contribution in [0.4, 0.5) is 0 Å². The molecule has 0 bridgehead atoms. The first kappa shape index (κ1) is 39.0. The summed E-state index contributed by atoms with van der Waals surface area (Å²) in [4.78, 5) is 0. The van der Waals surface area contributed by atoms with E-state index in [1.165, 1.54) is 212 Å². The topological polar surface area (TPSA) is 9.23 Å². The van der Waals surface area contributed by atoms with Crippen molar-refractivity contribution in [3.8, 4) is 0 Å². The molecule has 235 valence electrons. The molecule has 0 aromatic rings. The van der Waals surface area contributed by atoms with Crippen molar-refractivity contribution in [3.05, 3.63) is 6.61 Å². The molecular formula is C38H77O. The molecule has 1 radical (unpaired) electrons. The van der Waals surface area contributed by atoms with Crippen molar-refractivity contribution < 1.29 is 4.74 Å². The van der Waals surface area contributed by atoms with Gasteiger partial charge in [-0.1, -0.05) is 219 Å². The summed E-state index contributed by atoms with van der Waals surface area (Å²) in [6.07, 6.45) is 48.6. The highest BCUT2D eigenvalue weighted by Crippen LogP contribution is 2.16. The first-order valence-corrected chi connectivity index (χ1v) is 18.8. The zero-order chi connectivity index (χ0) is 28.2.